The first-order chi connectivity index (χ1) is 11.1. The standard InChI is InChI=1S/C15H15N5O3/c1-9-12-6-11(8-17-15(12)19-18-9)16-7-10-3-4-14(23-2)13(5-10)20(21)22/h3-6,8,16H,7H2,1-2H3,(H,17,18,19). The molecule has 0 unspecified atom stereocenters. The molecule has 0 fully saturated rings. The Hall–Kier alpha value is -3.16. The molecule has 2 N–H and O–H groups in total. The number of aromatic nitrogens is 3. The number of benzene rings is 1. The van der Waals surface area contributed by atoms with E-state index in [-0.39, 0.29) is 11.4 Å². The zero-order valence-electron chi connectivity index (χ0n) is 12.7. The van der Waals surface area contributed by atoms with Crippen LogP contribution < -0.4 is 10.1 Å². The number of anilines is 1. The van der Waals surface area contributed by atoms with Crippen molar-refractivity contribution in [3.63, 3.8) is 0 Å². The molecule has 8 heteroatoms. The molecule has 23 heavy (non-hydrogen) atoms. The molecular formula is C15H15N5O3. The van der Waals surface area contributed by atoms with Crippen LogP contribution in [0, 0.1) is 17.0 Å². The molecule has 2 heterocycles. The van der Waals surface area contributed by atoms with Gasteiger partial charge < -0.3 is 10.1 Å². The quantitative estimate of drug-likeness (QED) is 0.554. The molecular weight excluding hydrogens is 298 g/mol. The Morgan fingerprint density at radius 3 is 2.96 bits per heavy atom. The number of ether oxygens (including phenoxy) is 1. The minimum atomic E-state index is -0.454. The van der Waals surface area contributed by atoms with Gasteiger partial charge >= 0.3 is 5.69 Å². The number of fused-ring (bicyclic) bond motifs is 1. The molecule has 0 saturated carbocycles. The molecule has 0 aliphatic rings. The molecule has 0 aliphatic carbocycles. The summed E-state index contributed by atoms with van der Waals surface area (Å²) in [5.41, 5.74) is 3.15. The van der Waals surface area contributed by atoms with Crippen LogP contribution in [0.15, 0.2) is 30.5 Å². The molecule has 8 nitrogen and oxygen atoms in total. The third-order valence-electron chi connectivity index (χ3n) is 3.54. The number of nitrogens with one attached hydrogen (secondary N) is 2. The van der Waals surface area contributed by atoms with Crippen LogP contribution in [0.4, 0.5) is 11.4 Å². The van der Waals surface area contributed by atoms with Gasteiger partial charge in [-0.05, 0) is 24.6 Å². The third-order valence-corrected chi connectivity index (χ3v) is 3.54. The molecule has 0 saturated heterocycles. The summed E-state index contributed by atoms with van der Waals surface area (Å²) < 4.78 is 4.99. The van der Waals surface area contributed by atoms with Gasteiger partial charge in [0.1, 0.15) is 0 Å². The second-order valence-corrected chi connectivity index (χ2v) is 5.06. The van der Waals surface area contributed by atoms with Crippen molar-refractivity contribution in [1.29, 1.82) is 0 Å². The van der Waals surface area contributed by atoms with E-state index in [1.165, 1.54) is 13.2 Å². The van der Waals surface area contributed by atoms with E-state index in [1.54, 1.807) is 18.3 Å². The van der Waals surface area contributed by atoms with Gasteiger partial charge in [0, 0.05) is 23.7 Å². The Morgan fingerprint density at radius 2 is 2.22 bits per heavy atom. The van der Waals surface area contributed by atoms with Crippen LogP contribution in [-0.4, -0.2) is 27.2 Å². The highest BCUT2D eigenvalue weighted by molar-refractivity contribution is 5.80. The third kappa shape index (κ3) is 2.91. The maximum atomic E-state index is 11.0. The molecule has 0 atom stereocenters. The molecule has 118 valence electrons. The number of hydrogen-bond acceptors (Lipinski definition) is 6. The molecule has 0 aliphatic heterocycles. The van der Waals surface area contributed by atoms with Gasteiger partial charge in [0.15, 0.2) is 11.4 Å². The van der Waals surface area contributed by atoms with E-state index in [9.17, 15) is 10.1 Å². The molecule has 3 rings (SSSR count). The summed E-state index contributed by atoms with van der Waals surface area (Å²) >= 11 is 0. The lowest BCUT2D eigenvalue weighted by Crippen LogP contribution is -2.01. The average Bonchev–Trinajstić information content (AvgIpc) is 2.93. The van der Waals surface area contributed by atoms with Gasteiger partial charge in [0.05, 0.1) is 23.9 Å². The van der Waals surface area contributed by atoms with Crippen LogP contribution in [0.3, 0.4) is 0 Å². The first-order valence-electron chi connectivity index (χ1n) is 6.94. The van der Waals surface area contributed by atoms with Gasteiger partial charge in [-0.2, -0.15) is 5.10 Å². The number of nitrogens with zero attached hydrogens (tertiary/aromatic N) is 3. The first-order valence-corrected chi connectivity index (χ1v) is 6.94. The number of rotatable bonds is 5. The van der Waals surface area contributed by atoms with Gasteiger partial charge in [0.2, 0.25) is 0 Å². The molecule has 2 aromatic heterocycles. The normalized spacial score (nSPS) is 10.7. The first kappa shape index (κ1) is 14.8. The fourth-order valence-electron chi connectivity index (χ4n) is 2.31. The van der Waals surface area contributed by atoms with Crippen molar-refractivity contribution in [3.8, 4) is 5.75 Å². The van der Waals surface area contributed by atoms with Gasteiger partial charge in [-0.1, -0.05) is 6.07 Å². The largest absolute Gasteiger partial charge is 0.490 e. The van der Waals surface area contributed by atoms with Crippen molar-refractivity contribution < 1.29 is 9.66 Å². The van der Waals surface area contributed by atoms with Crippen molar-refractivity contribution >= 4 is 22.4 Å². The van der Waals surface area contributed by atoms with E-state index in [1.807, 2.05) is 13.0 Å². The summed E-state index contributed by atoms with van der Waals surface area (Å²) in [5, 5.41) is 22.1. The summed E-state index contributed by atoms with van der Waals surface area (Å²) in [6, 6.07) is 6.82. The van der Waals surface area contributed by atoms with Gasteiger partial charge in [-0.25, -0.2) is 4.98 Å². The highest BCUT2D eigenvalue weighted by Gasteiger charge is 2.15. The summed E-state index contributed by atoms with van der Waals surface area (Å²) in [6.07, 6.45) is 1.68. The molecule has 0 radical (unpaired) electrons. The highest BCUT2D eigenvalue weighted by atomic mass is 16.6. The lowest BCUT2D eigenvalue weighted by molar-refractivity contribution is -0.385. The van der Waals surface area contributed by atoms with Crippen molar-refractivity contribution in [1.82, 2.24) is 15.2 Å². The maximum absolute atomic E-state index is 11.0. The Labute approximate surface area is 131 Å². The van der Waals surface area contributed by atoms with Crippen molar-refractivity contribution in [3.05, 3.63) is 51.8 Å². The van der Waals surface area contributed by atoms with E-state index < -0.39 is 4.92 Å². The Bertz CT molecular complexity index is 875. The summed E-state index contributed by atoms with van der Waals surface area (Å²) in [4.78, 5) is 14.8. The van der Waals surface area contributed by atoms with Crippen LogP contribution in [0.1, 0.15) is 11.3 Å². The number of H-pyrrole nitrogens is 1. The minimum absolute atomic E-state index is 0.0499. The maximum Gasteiger partial charge on any atom is 0.311 e. The number of aromatic amines is 1. The predicted octanol–water partition coefficient (Wildman–Crippen LogP) is 2.80. The average molecular weight is 313 g/mol. The number of nitro benzene ring substituents is 1. The van der Waals surface area contributed by atoms with E-state index in [0.29, 0.717) is 12.2 Å². The Kier molecular flexibility index (Phi) is 3.80. The zero-order chi connectivity index (χ0) is 16.4. The fraction of sp³-hybridized carbons (Fsp3) is 0.200. The summed E-state index contributed by atoms with van der Waals surface area (Å²) in [5.74, 6) is 0.246. The fourth-order valence-corrected chi connectivity index (χ4v) is 2.31. The van der Waals surface area contributed by atoms with Crippen molar-refractivity contribution in [2.75, 3.05) is 12.4 Å². The SMILES string of the molecule is COc1ccc(CNc2cnc3n[nH]c(C)c3c2)cc1[N+](=O)[O-]. The monoisotopic (exact) mass is 313 g/mol. The lowest BCUT2D eigenvalue weighted by atomic mass is 10.2. The van der Waals surface area contributed by atoms with Crippen LogP contribution in [0.5, 0.6) is 5.75 Å². The predicted molar refractivity (Wildman–Crippen MR) is 85.6 cm³/mol. The molecule has 0 spiro atoms. The van der Waals surface area contributed by atoms with E-state index >= 15 is 0 Å². The number of aryl methyl sites for hydroxylation is 1. The molecule has 1 aromatic carbocycles. The number of hydrogen-bond donors (Lipinski definition) is 2. The van der Waals surface area contributed by atoms with Crippen LogP contribution in [-0.2, 0) is 6.54 Å². The van der Waals surface area contributed by atoms with Crippen molar-refractivity contribution in [2.45, 2.75) is 13.5 Å². The second-order valence-electron chi connectivity index (χ2n) is 5.06. The zero-order valence-corrected chi connectivity index (χ0v) is 12.7. The Balaban J connectivity index is 1.80. The topological polar surface area (TPSA) is 106 Å². The molecule has 0 bridgehead atoms. The molecule has 0 amide bonds. The van der Waals surface area contributed by atoms with E-state index in [2.05, 4.69) is 20.5 Å². The summed E-state index contributed by atoms with van der Waals surface area (Å²) in [6.45, 7) is 2.36. The molecule has 3 aromatic rings. The van der Waals surface area contributed by atoms with Crippen LogP contribution in [0.2, 0.25) is 0 Å². The van der Waals surface area contributed by atoms with Gasteiger partial charge in [-0.3, -0.25) is 15.2 Å². The Morgan fingerprint density at radius 1 is 1.39 bits per heavy atom. The highest BCUT2D eigenvalue weighted by Crippen LogP contribution is 2.28. The van der Waals surface area contributed by atoms with E-state index in [4.69, 9.17) is 4.74 Å². The van der Waals surface area contributed by atoms with Gasteiger partial charge in [0.25, 0.3) is 0 Å². The number of pyridine rings is 1. The number of methoxy groups -OCH3 is 1. The lowest BCUT2D eigenvalue weighted by Gasteiger charge is -2.08. The van der Waals surface area contributed by atoms with Crippen LogP contribution >= 0.6 is 0 Å². The second kappa shape index (κ2) is 5.91. The van der Waals surface area contributed by atoms with E-state index in [0.717, 1.165) is 22.3 Å². The number of nitro groups is 1. The van der Waals surface area contributed by atoms with Crippen LogP contribution in [0.25, 0.3) is 11.0 Å². The smallest absolute Gasteiger partial charge is 0.311 e. The van der Waals surface area contributed by atoms with Crippen molar-refractivity contribution in [2.24, 2.45) is 0 Å². The minimum Gasteiger partial charge on any atom is -0.490 e. The van der Waals surface area contributed by atoms with Gasteiger partial charge in [-0.15, -0.1) is 0 Å². The summed E-state index contributed by atoms with van der Waals surface area (Å²) in [7, 11) is 1.41.